The Labute approximate surface area is 83.9 Å². The van der Waals surface area contributed by atoms with Crippen LogP contribution in [0, 0.1) is 5.92 Å². The number of hydrogen-bond acceptors (Lipinski definition) is 4. The molecular weight excluding hydrogens is 176 g/mol. The fourth-order valence-corrected chi connectivity index (χ4v) is 2.00. The molecule has 14 heavy (non-hydrogen) atoms. The van der Waals surface area contributed by atoms with Gasteiger partial charge in [-0.15, -0.1) is 0 Å². The highest BCUT2D eigenvalue weighted by atomic mass is 15.1. The minimum atomic E-state index is 0.334. The third kappa shape index (κ3) is 2.13. The number of nitrogens with two attached hydrogens (primary N) is 1. The summed E-state index contributed by atoms with van der Waals surface area (Å²) in [6, 6.07) is 2.42. The maximum Gasteiger partial charge on any atom is 0.221 e. The smallest absolute Gasteiger partial charge is 0.221 e. The van der Waals surface area contributed by atoms with Crippen LogP contribution in [0.5, 0.6) is 0 Å². The Morgan fingerprint density at radius 2 is 2.36 bits per heavy atom. The molecule has 3 N–H and O–H groups in total. The molecule has 1 saturated carbocycles. The summed E-state index contributed by atoms with van der Waals surface area (Å²) in [5.74, 6) is 2.00. The minimum absolute atomic E-state index is 0.334. The molecule has 4 heteroatoms. The summed E-state index contributed by atoms with van der Waals surface area (Å²) in [4.78, 5) is 7.97. The number of nitrogens with one attached hydrogen (secondary N) is 1. The summed E-state index contributed by atoms with van der Waals surface area (Å²) in [5.41, 5.74) is 5.50. The maximum atomic E-state index is 5.50. The van der Waals surface area contributed by atoms with E-state index < -0.39 is 0 Å². The van der Waals surface area contributed by atoms with Crippen LogP contribution in [0.3, 0.4) is 0 Å². The van der Waals surface area contributed by atoms with Gasteiger partial charge in [-0.3, -0.25) is 0 Å². The van der Waals surface area contributed by atoms with Crippen molar-refractivity contribution in [2.24, 2.45) is 5.92 Å². The molecule has 0 aliphatic heterocycles. The van der Waals surface area contributed by atoms with Gasteiger partial charge in [0.15, 0.2) is 0 Å². The first-order valence-corrected chi connectivity index (χ1v) is 5.09. The monoisotopic (exact) mass is 192 g/mol. The zero-order chi connectivity index (χ0) is 9.97. The van der Waals surface area contributed by atoms with Crippen LogP contribution < -0.4 is 11.1 Å². The van der Waals surface area contributed by atoms with E-state index in [1.165, 1.54) is 19.3 Å². The third-order valence-corrected chi connectivity index (χ3v) is 2.72. The summed E-state index contributed by atoms with van der Waals surface area (Å²) in [7, 11) is 0. The van der Waals surface area contributed by atoms with E-state index in [1.807, 2.05) is 6.07 Å². The normalized spacial score (nSPS) is 26.4. The van der Waals surface area contributed by atoms with Gasteiger partial charge in [0.1, 0.15) is 5.82 Å². The molecule has 2 unspecified atom stereocenters. The number of anilines is 2. The Kier molecular flexibility index (Phi) is 2.52. The van der Waals surface area contributed by atoms with Crippen LogP contribution in [-0.2, 0) is 0 Å². The Balaban J connectivity index is 1.97. The highest BCUT2D eigenvalue weighted by Crippen LogP contribution is 2.26. The number of aromatic nitrogens is 2. The van der Waals surface area contributed by atoms with Gasteiger partial charge >= 0.3 is 0 Å². The summed E-state index contributed by atoms with van der Waals surface area (Å²) in [5, 5.41) is 3.38. The van der Waals surface area contributed by atoms with Gasteiger partial charge in [-0.2, -0.15) is 4.98 Å². The van der Waals surface area contributed by atoms with Crippen LogP contribution in [0.25, 0.3) is 0 Å². The minimum Gasteiger partial charge on any atom is -0.368 e. The van der Waals surface area contributed by atoms with Gasteiger partial charge in [-0.05, 0) is 31.2 Å². The number of hydrogen-bond donors (Lipinski definition) is 2. The molecule has 76 valence electrons. The van der Waals surface area contributed by atoms with Gasteiger partial charge in [0.25, 0.3) is 0 Å². The van der Waals surface area contributed by atoms with E-state index in [1.54, 1.807) is 6.20 Å². The Hall–Kier alpha value is -1.32. The third-order valence-electron chi connectivity index (χ3n) is 2.72. The van der Waals surface area contributed by atoms with E-state index in [4.69, 9.17) is 5.73 Å². The van der Waals surface area contributed by atoms with Crippen molar-refractivity contribution >= 4 is 11.8 Å². The van der Waals surface area contributed by atoms with Gasteiger partial charge < -0.3 is 11.1 Å². The SMILES string of the molecule is CC1CCC(Nc2ccnc(N)n2)C1. The van der Waals surface area contributed by atoms with E-state index >= 15 is 0 Å². The average Bonchev–Trinajstić information content (AvgIpc) is 2.51. The van der Waals surface area contributed by atoms with Crippen molar-refractivity contribution in [3.05, 3.63) is 12.3 Å². The Morgan fingerprint density at radius 1 is 1.50 bits per heavy atom. The molecule has 1 heterocycles. The zero-order valence-corrected chi connectivity index (χ0v) is 8.40. The van der Waals surface area contributed by atoms with Crippen LogP contribution in [0.2, 0.25) is 0 Å². The van der Waals surface area contributed by atoms with E-state index in [-0.39, 0.29) is 0 Å². The second-order valence-corrected chi connectivity index (χ2v) is 4.06. The molecule has 1 fully saturated rings. The van der Waals surface area contributed by atoms with Crippen molar-refractivity contribution in [1.29, 1.82) is 0 Å². The molecule has 1 aliphatic carbocycles. The second-order valence-electron chi connectivity index (χ2n) is 4.06. The summed E-state index contributed by atoms with van der Waals surface area (Å²) in [6.45, 7) is 2.29. The fraction of sp³-hybridized carbons (Fsp3) is 0.600. The molecule has 0 bridgehead atoms. The molecule has 0 radical (unpaired) electrons. The van der Waals surface area contributed by atoms with Crippen molar-refractivity contribution in [3.63, 3.8) is 0 Å². The van der Waals surface area contributed by atoms with Crippen LogP contribution >= 0.6 is 0 Å². The fourth-order valence-electron chi connectivity index (χ4n) is 2.00. The van der Waals surface area contributed by atoms with Crippen LogP contribution in [-0.4, -0.2) is 16.0 Å². The zero-order valence-electron chi connectivity index (χ0n) is 8.40. The summed E-state index contributed by atoms with van der Waals surface area (Å²) < 4.78 is 0. The van der Waals surface area contributed by atoms with Gasteiger partial charge in [0.2, 0.25) is 5.95 Å². The number of nitrogen functional groups attached to an aromatic ring is 1. The van der Waals surface area contributed by atoms with E-state index in [0.717, 1.165) is 11.7 Å². The molecule has 1 aromatic rings. The molecule has 2 rings (SSSR count). The second kappa shape index (κ2) is 3.82. The molecule has 1 aliphatic rings. The first-order valence-electron chi connectivity index (χ1n) is 5.09. The quantitative estimate of drug-likeness (QED) is 0.748. The van der Waals surface area contributed by atoms with Crippen molar-refractivity contribution in [2.75, 3.05) is 11.1 Å². The molecule has 0 spiro atoms. The molecule has 1 aromatic heterocycles. The predicted molar refractivity (Wildman–Crippen MR) is 56.9 cm³/mol. The Morgan fingerprint density at radius 3 is 3.00 bits per heavy atom. The summed E-state index contributed by atoms with van der Waals surface area (Å²) in [6.07, 6.45) is 5.44. The van der Waals surface area contributed by atoms with Gasteiger partial charge in [-0.25, -0.2) is 4.98 Å². The molecule has 0 saturated heterocycles. The predicted octanol–water partition coefficient (Wildman–Crippen LogP) is 1.66. The largest absolute Gasteiger partial charge is 0.368 e. The lowest BCUT2D eigenvalue weighted by atomic mass is 10.1. The molecule has 4 nitrogen and oxygen atoms in total. The first kappa shape index (κ1) is 9.24. The average molecular weight is 192 g/mol. The van der Waals surface area contributed by atoms with E-state index in [0.29, 0.717) is 12.0 Å². The van der Waals surface area contributed by atoms with E-state index in [2.05, 4.69) is 22.2 Å². The molecule has 0 aromatic carbocycles. The molecule has 2 atom stereocenters. The summed E-state index contributed by atoms with van der Waals surface area (Å²) >= 11 is 0. The topological polar surface area (TPSA) is 63.8 Å². The van der Waals surface area contributed by atoms with Crippen molar-refractivity contribution in [2.45, 2.75) is 32.2 Å². The molecule has 0 amide bonds. The number of nitrogens with zero attached hydrogens (tertiary/aromatic N) is 2. The number of rotatable bonds is 2. The van der Waals surface area contributed by atoms with Crippen LogP contribution in [0.4, 0.5) is 11.8 Å². The lowest BCUT2D eigenvalue weighted by molar-refractivity contribution is 0.602. The Bertz CT molecular complexity index is 313. The highest BCUT2D eigenvalue weighted by molar-refractivity contribution is 5.38. The van der Waals surface area contributed by atoms with Crippen LogP contribution in [0.15, 0.2) is 12.3 Å². The lowest BCUT2D eigenvalue weighted by Gasteiger charge is -2.12. The van der Waals surface area contributed by atoms with Crippen molar-refractivity contribution in [3.8, 4) is 0 Å². The van der Waals surface area contributed by atoms with Gasteiger partial charge in [-0.1, -0.05) is 6.92 Å². The highest BCUT2D eigenvalue weighted by Gasteiger charge is 2.21. The van der Waals surface area contributed by atoms with E-state index in [9.17, 15) is 0 Å². The van der Waals surface area contributed by atoms with Crippen LogP contribution in [0.1, 0.15) is 26.2 Å². The standard InChI is InChI=1S/C10H16N4/c1-7-2-3-8(6-7)13-9-4-5-12-10(11)14-9/h4-5,7-8H,2-3,6H2,1H3,(H3,11,12,13,14). The van der Waals surface area contributed by atoms with Gasteiger partial charge in [0.05, 0.1) is 0 Å². The maximum absolute atomic E-state index is 5.50. The first-order chi connectivity index (χ1) is 6.74. The van der Waals surface area contributed by atoms with Crippen molar-refractivity contribution < 1.29 is 0 Å². The van der Waals surface area contributed by atoms with Crippen molar-refractivity contribution in [1.82, 2.24) is 9.97 Å². The van der Waals surface area contributed by atoms with Gasteiger partial charge in [0, 0.05) is 12.2 Å². The molecular formula is C10H16N4. The lowest BCUT2D eigenvalue weighted by Crippen LogP contribution is -2.16.